The lowest BCUT2D eigenvalue weighted by Gasteiger charge is -2.22. The van der Waals surface area contributed by atoms with Crippen LogP contribution in [0.5, 0.6) is 0 Å². The molecule has 19 heavy (non-hydrogen) atoms. The third kappa shape index (κ3) is 2.62. The van der Waals surface area contributed by atoms with Gasteiger partial charge in [-0.1, -0.05) is 25.3 Å². The van der Waals surface area contributed by atoms with Crippen LogP contribution in [0, 0.1) is 6.92 Å². The molecule has 0 bridgehead atoms. The minimum atomic E-state index is -0.0479. The first-order valence-electron chi connectivity index (χ1n) is 6.98. The van der Waals surface area contributed by atoms with Gasteiger partial charge in [0, 0.05) is 18.4 Å². The molecule has 4 nitrogen and oxygen atoms in total. The van der Waals surface area contributed by atoms with E-state index in [1.54, 1.807) is 6.20 Å². The molecule has 1 amide bonds. The van der Waals surface area contributed by atoms with Gasteiger partial charge in [-0.2, -0.15) is 0 Å². The standard InChI is InChI=1S/C15H19N3O/c1-11-7-8-14-17-13(10-18(14)9-11)15(19)16-12-5-3-2-4-6-12/h7-10,12H,2-6H2,1H3,(H,16,19). The van der Waals surface area contributed by atoms with Crippen molar-refractivity contribution in [3.63, 3.8) is 0 Å². The van der Waals surface area contributed by atoms with E-state index in [1.807, 2.05) is 29.7 Å². The zero-order valence-corrected chi connectivity index (χ0v) is 11.2. The number of nitrogens with one attached hydrogen (secondary N) is 1. The normalized spacial score (nSPS) is 16.7. The van der Waals surface area contributed by atoms with Crippen LogP contribution in [0.25, 0.3) is 5.65 Å². The van der Waals surface area contributed by atoms with Crippen molar-refractivity contribution in [1.29, 1.82) is 0 Å². The number of hydrogen-bond acceptors (Lipinski definition) is 2. The average Bonchev–Trinajstić information content (AvgIpc) is 2.83. The van der Waals surface area contributed by atoms with E-state index < -0.39 is 0 Å². The molecule has 1 saturated carbocycles. The summed E-state index contributed by atoms with van der Waals surface area (Å²) in [5.41, 5.74) is 2.49. The molecule has 2 aromatic heterocycles. The Bertz CT molecular complexity index is 596. The molecule has 4 heteroatoms. The molecule has 1 aliphatic rings. The molecule has 0 saturated heterocycles. The van der Waals surface area contributed by atoms with Crippen LogP contribution in [0.4, 0.5) is 0 Å². The summed E-state index contributed by atoms with van der Waals surface area (Å²) < 4.78 is 1.91. The van der Waals surface area contributed by atoms with Crippen LogP contribution >= 0.6 is 0 Å². The maximum absolute atomic E-state index is 12.2. The summed E-state index contributed by atoms with van der Waals surface area (Å²) in [6, 6.07) is 4.27. The predicted octanol–water partition coefficient (Wildman–Crippen LogP) is 2.71. The van der Waals surface area contributed by atoms with Crippen molar-refractivity contribution in [3.05, 3.63) is 35.8 Å². The van der Waals surface area contributed by atoms with Crippen molar-refractivity contribution in [2.75, 3.05) is 0 Å². The fraction of sp³-hybridized carbons (Fsp3) is 0.467. The second-order valence-corrected chi connectivity index (χ2v) is 5.41. The molecule has 1 aliphatic carbocycles. The van der Waals surface area contributed by atoms with Crippen LogP contribution in [0.3, 0.4) is 0 Å². The van der Waals surface area contributed by atoms with E-state index in [2.05, 4.69) is 10.3 Å². The van der Waals surface area contributed by atoms with Crippen LogP contribution in [0.15, 0.2) is 24.5 Å². The lowest BCUT2D eigenvalue weighted by atomic mass is 9.95. The van der Waals surface area contributed by atoms with E-state index in [0.29, 0.717) is 11.7 Å². The van der Waals surface area contributed by atoms with Crippen molar-refractivity contribution in [1.82, 2.24) is 14.7 Å². The molecule has 2 heterocycles. The van der Waals surface area contributed by atoms with E-state index in [0.717, 1.165) is 24.1 Å². The molecule has 3 rings (SSSR count). The SMILES string of the molecule is Cc1ccc2nc(C(=O)NC3CCCCC3)cn2c1. The van der Waals surface area contributed by atoms with Gasteiger partial charge in [-0.3, -0.25) is 4.79 Å². The molecule has 100 valence electrons. The molecule has 0 aromatic carbocycles. The Labute approximate surface area is 112 Å². The van der Waals surface area contributed by atoms with Gasteiger partial charge < -0.3 is 9.72 Å². The summed E-state index contributed by atoms with van der Waals surface area (Å²) in [5.74, 6) is -0.0479. The Morgan fingerprint density at radius 2 is 2.05 bits per heavy atom. The van der Waals surface area contributed by atoms with Crippen molar-refractivity contribution in [2.24, 2.45) is 0 Å². The molecule has 0 unspecified atom stereocenters. The first-order valence-corrected chi connectivity index (χ1v) is 6.98. The third-order valence-electron chi connectivity index (χ3n) is 3.77. The Kier molecular flexibility index (Phi) is 3.23. The van der Waals surface area contributed by atoms with Gasteiger partial charge in [0.15, 0.2) is 0 Å². The maximum Gasteiger partial charge on any atom is 0.271 e. The minimum absolute atomic E-state index is 0.0479. The van der Waals surface area contributed by atoms with E-state index in [-0.39, 0.29) is 5.91 Å². The number of fused-ring (bicyclic) bond motifs is 1. The van der Waals surface area contributed by atoms with Crippen LogP contribution in [0.2, 0.25) is 0 Å². The number of carbonyl (C=O) groups excluding carboxylic acids is 1. The zero-order chi connectivity index (χ0) is 13.2. The van der Waals surface area contributed by atoms with Gasteiger partial charge in [-0.15, -0.1) is 0 Å². The van der Waals surface area contributed by atoms with Gasteiger partial charge in [0.2, 0.25) is 0 Å². The predicted molar refractivity (Wildman–Crippen MR) is 74.3 cm³/mol. The summed E-state index contributed by atoms with van der Waals surface area (Å²) in [5, 5.41) is 3.10. The largest absolute Gasteiger partial charge is 0.348 e. The van der Waals surface area contributed by atoms with E-state index in [9.17, 15) is 4.79 Å². The molecule has 0 radical (unpaired) electrons. The smallest absolute Gasteiger partial charge is 0.271 e. The van der Waals surface area contributed by atoms with Crippen LogP contribution < -0.4 is 5.32 Å². The number of rotatable bonds is 2. The topological polar surface area (TPSA) is 46.4 Å². The molecule has 2 aromatic rings. The van der Waals surface area contributed by atoms with Gasteiger partial charge in [-0.05, 0) is 31.4 Å². The highest BCUT2D eigenvalue weighted by Gasteiger charge is 2.18. The van der Waals surface area contributed by atoms with Crippen molar-refractivity contribution < 1.29 is 4.79 Å². The Morgan fingerprint density at radius 3 is 2.84 bits per heavy atom. The molecular weight excluding hydrogens is 238 g/mol. The first kappa shape index (κ1) is 12.2. The average molecular weight is 257 g/mol. The summed E-state index contributed by atoms with van der Waals surface area (Å²) in [6.07, 6.45) is 9.71. The minimum Gasteiger partial charge on any atom is -0.348 e. The quantitative estimate of drug-likeness (QED) is 0.899. The fourth-order valence-corrected chi connectivity index (χ4v) is 2.72. The third-order valence-corrected chi connectivity index (χ3v) is 3.77. The molecule has 0 spiro atoms. The number of aryl methyl sites for hydroxylation is 1. The van der Waals surface area contributed by atoms with Crippen LogP contribution in [0.1, 0.15) is 48.2 Å². The fourth-order valence-electron chi connectivity index (χ4n) is 2.72. The second-order valence-electron chi connectivity index (χ2n) is 5.41. The maximum atomic E-state index is 12.2. The second kappa shape index (κ2) is 5.03. The van der Waals surface area contributed by atoms with Gasteiger partial charge in [0.1, 0.15) is 11.3 Å². The highest BCUT2D eigenvalue weighted by atomic mass is 16.2. The summed E-state index contributed by atoms with van der Waals surface area (Å²) in [6.45, 7) is 2.03. The number of nitrogens with zero attached hydrogens (tertiary/aromatic N) is 2. The number of amides is 1. The highest BCUT2D eigenvalue weighted by Crippen LogP contribution is 2.18. The van der Waals surface area contributed by atoms with Gasteiger partial charge in [0.05, 0.1) is 0 Å². The van der Waals surface area contributed by atoms with Crippen molar-refractivity contribution >= 4 is 11.6 Å². The monoisotopic (exact) mass is 257 g/mol. The summed E-state index contributed by atoms with van der Waals surface area (Å²) in [4.78, 5) is 16.6. The number of hydrogen-bond donors (Lipinski definition) is 1. The van der Waals surface area contributed by atoms with Crippen molar-refractivity contribution in [3.8, 4) is 0 Å². The van der Waals surface area contributed by atoms with E-state index in [1.165, 1.54) is 19.3 Å². The Hall–Kier alpha value is -1.84. The summed E-state index contributed by atoms with van der Waals surface area (Å²) >= 11 is 0. The van der Waals surface area contributed by atoms with Gasteiger partial charge in [0.25, 0.3) is 5.91 Å². The Morgan fingerprint density at radius 1 is 1.26 bits per heavy atom. The molecule has 1 fully saturated rings. The molecule has 0 atom stereocenters. The van der Waals surface area contributed by atoms with E-state index in [4.69, 9.17) is 0 Å². The van der Waals surface area contributed by atoms with Crippen LogP contribution in [-0.4, -0.2) is 21.3 Å². The molecular formula is C15H19N3O. The number of pyridine rings is 1. The number of aromatic nitrogens is 2. The van der Waals surface area contributed by atoms with Gasteiger partial charge in [-0.25, -0.2) is 4.98 Å². The lowest BCUT2D eigenvalue weighted by Crippen LogP contribution is -2.36. The highest BCUT2D eigenvalue weighted by molar-refractivity contribution is 5.93. The van der Waals surface area contributed by atoms with Crippen molar-refractivity contribution in [2.45, 2.75) is 45.1 Å². The summed E-state index contributed by atoms with van der Waals surface area (Å²) in [7, 11) is 0. The molecule has 1 N–H and O–H groups in total. The Balaban J connectivity index is 1.77. The lowest BCUT2D eigenvalue weighted by molar-refractivity contribution is 0.0923. The number of imidazole rings is 1. The first-order chi connectivity index (χ1) is 9.22. The zero-order valence-electron chi connectivity index (χ0n) is 11.2. The van der Waals surface area contributed by atoms with Gasteiger partial charge >= 0.3 is 0 Å². The van der Waals surface area contributed by atoms with Crippen LogP contribution in [-0.2, 0) is 0 Å². The van der Waals surface area contributed by atoms with E-state index >= 15 is 0 Å². The number of carbonyl (C=O) groups is 1. The molecule has 0 aliphatic heterocycles.